The maximum atomic E-state index is 14.5. The number of amides is 4. The second kappa shape index (κ2) is 12.1. The minimum Gasteiger partial charge on any atom is -0.492 e. The SMILES string of the molecule is CN1C(=O)N2Cc3c(c4cc(OCCN5CCOCC5)ccc4n3Cc3ccc(C(=O)NO)cc3)C(C3CCCCC3)(C2)C1=O. The van der Waals surface area contributed by atoms with E-state index < -0.39 is 11.3 Å². The van der Waals surface area contributed by atoms with Crippen molar-refractivity contribution in [2.75, 3.05) is 53.0 Å². The van der Waals surface area contributed by atoms with E-state index in [0.717, 1.165) is 92.0 Å². The third-order valence-corrected chi connectivity index (χ3v) is 10.4. The molecule has 1 unspecified atom stereocenters. The van der Waals surface area contributed by atoms with Crippen LogP contribution in [0.5, 0.6) is 5.75 Å². The molecule has 3 aromatic rings. The maximum Gasteiger partial charge on any atom is 0.326 e. The second-order valence-corrected chi connectivity index (χ2v) is 12.8. The Bertz CT molecular complexity index is 1610. The topological polar surface area (TPSA) is 117 Å². The predicted octanol–water partition coefficient (Wildman–Crippen LogP) is 3.75. The number of fused-ring (bicyclic) bond motifs is 6. The Morgan fingerprint density at radius 1 is 1.07 bits per heavy atom. The van der Waals surface area contributed by atoms with Gasteiger partial charge in [-0.05, 0) is 54.7 Å². The number of carbonyl (C=O) groups excluding carboxylic acids is 3. The van der Waals surface area contributed by atoms with Crippen molar-refractivity contribution in [2.45, 2.75) is 50.6 Å². The summed E-state index contributed by atoms with van der Waals surface area (Å²) in [6, 6.07) is 13.0. The van der Waals surface area contributed by atoms with Crippen molar-refractivity contribution in [3.63, 3.8) is 0 Å². The number of nitrogens with zero attached hydrogens (tertiary/aromatic N) is 4. The van der Waals surface area contributed by atoms with Gasteiger partial charge in [-0.1, -0.05) is 31.4 Å². The molecule has 1 saturated carbocycles. The van der Waals surface area contributed by atoms with Crippen LogP contribution in [-0.4, -0.2) is 95.4 Å². The molecule has 3 aliphatic heterocycles. The molecule has 1 atom stereocenters. The van der Waals surface area contributed by atoms with Crippen LogP contribution in [0.1, 0.15) is 59.3 Å². The van der Waals surface area contributed by atoms with Crippen molar-refractivity contribution in [1.29, 1.82) is 0 Å². The number of imide groups is 1. The molecule has 2 aromatic carbocycles. The zero-order valence-corrected chi connectivity index (χ0v) is 25.8. The van der Waals surface area contributed by atoms with Gasteiger partial charge in [-0.2, -0.15) is 0 Å². The number of morpholine rings is 1. The monoisotopic (exact) mass is 615 g/mol. The normalized spacial score (nSPS) is 22.5. The van der Waals surface area contributed by atoms with Gasteiger partial charge in [0.15, 0.2) is 0 Å². The lowest BCUT2D eigenvalue weighted by Gasteiger charge is -2.53. The highest BCUT2D eigenvalue weighted by Crippen LogP contribution is 2.52. The predicted molar refractivity (Wildman–Crippen MR) is 166 cm³/mol. The van der Waals surface area contributed by atoms with Crippen molar-refractivity contribution < 1.29 is 29.1 Å². The molecule has 45 heavy (non-hydrogen) atoms. The van der Waals surface area contributed by atoms with Gasteiger partial charge < -0.3 is 18.9 Å². The molecule has 11 nitrogen and oxygen atoms in total. The molecule has 11 heteroatoms. The number of ether oxygens (including phenoxy) is 2. The third kappa shape index (κ3) is 5.16. The lowest BCUT2D eigenvalue weighted by atomic mass is 9.61. The number of nitrogens with one attached hydrogen (secondary N) is 1. The fourth-order valence-corrected chi connectivity index (χ4v) is 8.07. The molecule has 7 rings (SSSR count). The Balaban J connectivity index is 1.33. The highest BCUT2D eigenvalue weighted by molar-refractivity contribution is 6.07. The molecule has 4 aliphatic rings. The number of rotatable bonds is 8. The van der Waals surface area contributed by atoms with Gasteiger partial charge in [0.25, 0.3) is 5.91 Å². The molecule has 3 fully saturated rings. The van der Waals surface area contributed by atoms with E-state index in [4.69, 9.17) is 14.7 Å². The van der Waals surface area contributed by atoms with E-state index in [0.29, 0.717) is 31.8 Å². The number of hydrogen-bond donors (Lipinski definition) is 2. The van der Waals surface area contributed by atoms with Gasteiger partial charge in [-0.3, -0.25) is 24.6 Å². The average molecular weight is 616 g/mol. The summed E-state index contributed by atoms with van der Waals surface area (Å²) < 4.78 is 14.0. The molecular weight excluding hydrogens is 574 g/mol. The van der Waals surface area contributed by atoms with E-state index in [2.05, 4.69) is 21.6 Å². The van der Waals surface area contributed by atoms with E-state index in [1.165, 1.54) is 11.3 Å². The second-order valence-electron chi connectivity index (χ2n) is 12.8. The Labute approximate surface area is 262 Å². The van der Waals surface area contributed by atoms with Crippen molar-refractivity contribution in [3.8, 4) is 5.75 Å². The molecule has 0 radical (unpaired) electrons. The zero-order chi connectivity index (χ0) is 31.1. The minimum absolute atomic E-state index is 0.103. The number of urea groups is 1. The molecule has 1 aromatic heterocycles. The van der Waals surface area contributed by atoms with Crippen LogP contribution in [-0.2, 0) is 28.0 Å². The molecule has 2 saturated heterocycles. The minimum atomic E-state index is -0.824. The van der Waals surface area contributed by atoms with E-state index in [9.17, 15) is 14.4 Å². The molecule has 0 spiro atoms. The van der Waals surface area contributed by atoms with Crippen LogP contribution in [0.2, 0.25) is 0 Å². The molecule has 4 amide bonds. The standard InChI is InChI=1S/C34H41N5O6/c1-36-32(41)34(25-5-3-2-4-6-25)22-38(33(36)42)21-29-30(34)27-19-26(45-18-15-37-13-16-44-17-14-37)11-12-28(27)39(29)20-23-7-9-24(10-8-23)31(40)35-43/h7-12,19,25,43H,2-6,13-18,20-22H2,1H3,(H,35,40). The first kappa shape index (κ1) is 29.8. The summed E-state index contributed by atoms with van der Waals surface area (Å²) in [6.07, 6.45) is 5.24. The van der Waals surface area contributed by atoms with Gasteiger partial charge in [0.1, 0.15) is 12.4 Å². The molecule has 2 N–H and O–H groups in total. The summed E-state index contributed by atoms with van der Waals surface area (Å²) >= 11 is 0. The number of benzene rings is 2. The Morgan fingerprint density at radius 3 is 2.56 bits per heavy atom. The smallest absolute Gasteiger partial charge is 0.326 e. The van der Waals surface area contributed by atoms with Crippen LogP contribution in [0.4, 0.5) is 4.79 Å². The van der Waals surface area contributed by atoms with Crippen molar-refractivity contribution in [2.24, 2.45) is 5.92 Å². The first-order chi connectivity index (χ1) is 21.9. The van der Waals surface area contributed by atoms with Gasteiger partial charge in [0.05, 0.1) is 25.2 Å². The third-order valence-electron chi connectivity index (χ3n) is 10.4. The van der Waals surface area contributed by atoms with E-state index in [-0.39, 0.29) is 17.9 Å². The Hall–Kier alpha value is -3.93. The van der Waals surface area contributed by atoms with Crippen LogP contribution in [0.25, 0.3) is 10.9 Å². The van der Waals surface area contributed by atoms with Crippen LogP contribution >= 0.6 is 0 Å². The van der Waals surface area contributed by atoms with Gasteiger partial charge >= 0.3 is 6.03 Å². The maximum absolute atomic E-state index is 14.5. The highest BCUT2D eigenvalue weighted by Gasteiger charge is 2.59. The molecule has 1 aliphatic carbocycles. The van der Waals surface area contributed by atoms with Gasteiger partial charge in [-0.15, -0.1) is 0 Å². The van der Waals surface area contributed by atoms with Crippen molar-refractivity contribution >= 4 is 28.7 Å². The Morgan fingerprint density at radius 2 is 1.82 bits per heavy atom. The number of likely N-dealkylation sites (N-methyl/N-ethyl adjacent to an activating group) is 1. The molecular formula is C34H41N5O6. The number of hydroxylamine groups is 1. The summed E-state index contributed by atoms with van der Waals surface area (Å²) in [7, 11) is 1.63. The quantitative estimate of drug-likeness (QED) is 0.293. The van der Waals surface area contributed by atoms with Crippen LogP contribution in [0, 0.1) is 5.92 Å². The van der Waals surface area contributed by atoms with Gasteiger partial charge in [0.2, 0.25) is 5.91 Å². The first-order valence-electron chi connectivity index (χ1n) is 16.1. The lowest BCUT2D eigenvalue weighted by Crippen LogP contribution is -2.67. The van der Waals surface area contributed by atoms with Gasteiger partial charge in [-0.25, -0.2) is 10.3 Å². The van der Waals surface area contributed by atoms with Crippen LogP contribution < -0.4 is 10.2 Å². The lowest BCUT2D eigenvalue weighted by molar-refractivity contribution is -0.142. The first-order valence-corrected chi connectivity index (χ1v) is 16.1. The molecule has 238 valence electrons. The van der Waals surface area contributed by atoms with Gasteiger partial charge in [0, 0.05) is 67.5 Å². The molecule has 4 heterocycles. The molecule has 2 bridgehead atoms. The summed E-state index contributed by atoms with van der Waals surface area (Å²) in [5, 5.41) is 10.1. The van der Waals surface area contributed by atoms with E-state index in [1.54, 1.807) is 24.7 Å². The summed E-state index contributed by atoms with van der Waals surface area (Å²) in [5.41, 5.74) is 5.19. The van der Waals surface area contributed by atoms with Crippen LogP contribution in [0.15, 0.2) is 42.5 Å². The summed E-state index contributed by atoms with van der Waals surface area (Å²) in [5.74, 6) is 0.234. The van der Waals surface area contributed by atoms with E-state index >= 15 is 0 Å². The average Bonchev–Trinajstić information content (AvgIpc) is 3.39. The number of carbonyl (C=O) groups is 3. The largest absolute Gasteiger partial charge is 0.492 e. The van der Waals surface area contributed by atoms with Crippen LogP contribution in [0.3, 0.4) is 0 Å². The number of aromatic nitrogens is 1. The fourth-order valence-electron chi connectivity index (χ4n) is 8.07. The number of hydrogen-bond acceptors (Lipinski definition) is 7. The van der Waals surface area contributed by atoms with E-state index in [1.807, 2.05) is 23.1 Å². The highest BCUT2D eigenvalue weighted by atomic mass is 16.5. The zero-order valence-electron chi connectivity index (χ0n) is 25.8. The Kier molecular flexibility index (Phi) is 8.01. The van der Waals surface area contributed by atoms with Crippen molar-refractivity contribution in [3.05, 3.63) is 64.8 Å². The summed E-state index contributed by atoms with van der Waals surface area (Å²) in [4.78, 5) is 45.4. The summed E-state index contributed by atoms with van der Waals surface area (Å²) in [6.45, 7) is 5.97. The van der Waals surface area contributed by atoms with Crippen molar-refractivity contribution in [1.82, 2.24) is 24.7 Å². The fraction of sp³-hybridized carbons (Fsp3) is 0.500.